The van der Waals surface area contributed by atoms with Crippen LogP contribution in [0.25, 0.3) is 0 Å². The average molecular weight is 358 g/mol. The molecule has 1 rings (SSSR count). The first kappa shape index (κ1) is 18.2. The second-order valence-electron chi connectivity index (χ2n) is 3.41. The van der Waals surface area contributed by atoms with Crippen LogP contribution < -0.4 is 10.5 Å². The van der Waals surface area contributed by atoms with Gasteiger partial charge in [0, 0.05) is 0 Å². The summed E-state index contributed by atoms with van der Waals surface area (Å²) in [4.78, 5) is 19.5. The molecule has 0 saturated heterocycles. The van der Waals surface area contributed by atoms with E-state index in [9.17, 15) is 18.0 Å². The predicted octanol–water partition coefficient (Wildman–Crippen LogP) is 2.12. The van der Waals surface area contributed by atoms with E-state index < -0.39 is 12.1 Å². The first-order valence-corrected chi connectivity index (χ1v) is 5.78. The van der Waals surface area contributed by atoms with Crippen LogP contribution in [-0.2, 0) is 16.0 Å². The Bertz CT molecular complexity index is 491. The van der Waals surface area contributed by atoms with Gasteiger partial charge in [0.2, 0.25) is 5.91 Å². The van der Waals surface area contributed by atoms with Crippen LogP contribution in [-0.4, -0.2) is 30.3 Å². The number of hydrogen-bond acceptors (Lipinski definition) is 3. The van der Waals surface area contributed by atoms with Crippen molar-refractivity contribution in [3.05, 3.63) is 28.2 Å². The smallest absolute Gasteiger partial charge is 0.490 e. The fraction of sp³-hybridized carbons (Fsp3) is 0.273. The van der Waals surface area contributed by atoms with Crippen molar-refractivity contribution in [3.8, 4) is 5.75 Å². The van der Waals surface area contributed by atoms with Gasteiger partial charge in [0.1, 0.15) is 5.75 Å². The minimum absolute atomic E-state index is 0.253. The summed E-state index contributed by atoms with van der Waals surface area (Å²) in [6.45, 7) is 0. The average Bonchev–Trinajstić information content (AvgIpc) is 2.27. The van der Waals surface area contributed by atoms with Gasteiger partial charge in [-0.15, -0.1) is 0 Å². The normalized spacial score (nSPS) is 10.2. The third-order valence-electron chi connectivity index (χ3n) is 1.84. The zero-order valence-corrected chi connectivity index (χ0v) is 11.8. The number of carboxylic acid groups (broad SMARTS) is 1. The molecule has 0 fully saturated rings. The minimum Gasteiger partial charge on any atom is -0.496 e. The molecule has 0 aliphatic heterocycles. The Hall–Kier alpha value is -1.77. The highest BCUT2D eigenvalue weighted by atomic mass is 79.9. The summed E-state index contributed by atoms with van der Waals surface area (Å²) in [6.07, 6.45) is -4.83. The van der Waals surface area contributed by atoms with Gasteiger partial charge in [-0.05, 0) is 33.6 Å². The highest BCUT2D eigenvalue weighted by molar-refractivity contribution is 9.10. The summed E-state index contributed by atoms with van der Waals surface area (Å²) in [7, 11) is 1.59. The van der Waals surface area contributed by atoms with Gasteiger partial charge >= 0.3 is 12.1 Å². The maximum atomic E-state index is 10.6. The van der Waals surface area contributed by atoms with Gasteiger partial charge < -0.3 is 15.6 Å². The summed E-state index contributed by atoms with van der Waals surface area (Å²) in [5.41, 5.74) is 5.93. The van der Waals surface area contributed by atoms with E-state index in [1.165, 1.54) is 0 Å². The highest BCUT2D eigenvalue weighted by Gasteiger charge is 2.38. The van der Waals surface area contributed by atoms with Gasteiger partial charge in [-0.25, -0.2) is 4.79 Å². The van der Waals surface area contributed by atoms with E-state index in [0.717, 1.165) is 15.8 Å². The van der Waals surface area contributed by atoms with Crippen LogP contribution in [0.15, 0.2) is 22.7 Å². The Kier molecular flexibility index (Phi) is 7.05. The van der Waals surface area contributed by atoms with E-state index in [-0.39, 0.29) is 12.3 Å². The molecule has 1 aromatic rings. The first-order valence-electron chi connectivity index (χ1n) is 4.98. The SMILES string of the molecule is COc1ccc(CC(N)=O)cc1Br.O=C(O)C(F)(F)F. The number of nitrogens with two attached hydrogens (primary N) is 1. The second kappa shape index (κ2) is 7.73. The van der Waals surface area contributed by atoms with Gasteiger partial charge in [0.15, 0.2) is 0 Å². The van der Waals surface area contributed by atoms with Gasteiger partial charge in [0.25, 0.3) is 0 Å². The molecule has 3 N–H and O–H groups in total. The molecule has 9 heteroatoms. The van der Waals surface area contributed by atoms with Crippen molar-refractivity contribution in [1.29, 1.82) is 0 Å². The van der Waals surface area contributed by atoms with Crippen molar-refractivity contribution in [2.24, 2.45) is 5.73 Å². The van der Waals surface area contributed by atoms with E-state index in [1.807, 2.05) is 12.1 Å². The number of halogens is 4. The molecule has 0 unspecified atom stereocenters. The van der Waals surface area contributed by atoms with Crippen LogP contribution in [0.3, 0.4) is 0 Å². The Balaban J connectivity index is 0.000000441. The maximum absolute atomic E-state index is 10.6. The molecule has 0 spiro atoms. The van der Waals surface area contributed by atoms with Crippen LogP contribution in [0.5, 0.6) is 5.75 Å². The first-order chi connectivity index (χ1) is 9.07. The van der Waals surface area contributed by atoms with Crippen molar-refractivity contribution in [2.75, 3.05) is 7.11 Å². The Morgan fingerprint density at radius 3 is 2.20 bits per heavy atom. The van der Waals surface area contributed by atoms with Crippen LogP contribution in [0.4, 0.5) is 13.2 Å². The topological polar surface area (TPSA) is 89.6 Å². The summed E-state index contributed by atoms with van der Waals surface area (Å²) in [5, 5.41) is 7.12. The lowest BCUT2D eigenvalue weighted by atomic mass is 10.1. The molecule has 112 valence electrons. The largest absolute Gasteiger partial charge is 0.496 e. The lowest BCUT2D eigenvalue weighted by molar-refractivity contribution is -0.192. The van der Waals surface area contributed by atoms with E-state index >= 15 is 0 Å². The Morgan fingerprint density at radius 2 is 1.90 bits per heavy atom. The molecule has 0 radical (unpaired) electrons. The second-order valence-corrected chi connectivity index (χ2v) is 4.27. The molecular weight excluding hydrogens is 347 g/mol. The number of carbonyl (C=O) groups is 2. The Morgan fingerprint density at radius 1 is 1.40 bits per heavy atom. The number of carboxylic acids is 1. The zero-order valence-electron chi connectivity index (χ0n) is 10.2. The van der Waals surface area contributed by atoms with E-state index in [1.54, 1.807) is 13.2 Å². The lowest BCUT2D eigenvalue weighted by Crippen LogP contribution is -2.21. The number of amides is 1. The van der Waals surface area contributed by atoms with Crippen LogP contribution in [0.1, 0.15) is 5.56 Å². The minimum atomic E-state index is -5.08. The van der Waals surface area contributed by atoms with E-state index in [2.05, 4.69) is 15.9 Å². The Labute approximate surface area is 120 Å². The molecule has 0 aliphatic rings. The fourth-order valence-electron chi connectivity index (χ4n) is 1.02. The van der Waals surface area contributed by atoms with Crippen molar-refractivity contribution in [2.45, 2.75) is 12.6 Å². The molecule has 1 amide bonds. The van der Waals surface area contributed by atoms with E-state index in [0.29, 0.717) is 0 Å². The quantitative estimate of drug-likeness (QED) is 0.866. The van der Waals surface area contributed by atoms with Crippen molar-refractivity contribution < 1.29 is 32.6 Å². The number of rotatable bonds is 3. The summed E-state index contributed by atoms with van der Waals surface area (Å²) in [5.74, 6) is -2.35. The monoisotopic (exact) mass is 357 g/mol. The van der Waals surface area contributed by atoms with Crippen LogP contribution >= 0.6 is 15.9 Å². The van der Waals surface area contributed by atoms with Crippen LogP contribution in [0.2, 0.25) is 0 Å². The molecule has 0 heterocycles. The number of primary amides is 1. The number of ether oxygens (including phenoxy) is 1. The molecule has 0 atom stereocenters. The molecule has 20 heavy (non-hydrogen) atoms. The molecule has 0 aromatic heterocycles. The molecular formula is C11H11BrF3NO4. The molecule has 1 aromatic carbocycles. The van der Waals surface area contributed by atoms with Crippen molar-refractivity contribution in [3.63, 3.8) is 0 Å². The summed E-state index contributed by atoms with van der Waals surface area (Å²) >= 11 is 3.32. The molecule has 0 aliphatic carbocycles. The lowest BCUT2D eigenvalue weighted by Gasteiger charge is -2.04. The molecule has 0 saturated carbocycles. The number of methoxy groups -OCH3 is 1. The summed E-state index contributed by atoms with van der Waals surface area (Å²) in [6, 6.07) is 5.43. The predicted molar refractivity (Wildman–Crippen MR) is 67.3 cm³/mol. The van der Waals surface area contributed by atoms with Crippen molar-refractivity contribution >= 4 is 27.8 Å². The summed E-state index contributed by atoms with van der Waals surface area (Å²) < 4.78 is 37.6. The number of alkyl halides is 3. The maximum Gasteiger partial charge on any atom is 0.490 e. The highest BCUT2D eigenvalue weighted by Crippen LogP contribution is 2.25. The van der Waals surface area contributed by atoms with Gasteiger partial charge in [-0.2, -0.15) is 13.2 Å². The van der Waals surface area contributed by atoms with Crippen LogP contribution in [0, 0.1) is 0 Å². The number of hydrogen-bond donors (Lipinski definition) is 2. The number of benzene rings is 1. The van der Waals surface area contributed by atoms with Crippen molar-refractivity contribution in [1.82, 2.24) is 0 Å². The third kappa shape index (κ3) is 6.98. The molecule has 5 nitrogen and oxygen atoms in total. The third-order valence-corrected chi connectivity index (χ3v) is 2.46. The van der Waals surface area contributed by atoms with E-state index in [4.69, 9.17) is 20.4 Å². The van der Waals surface area contributed by atoms with Gasteiger partial charge in [-0.3, -0.25) is 4.79 Å². The zero-order chi connectivity index (χ0) is 15.9. The standard InChI is InChI=1S/C9H10BrNO2.C2HF3O2/c1-13-8-3-2-6(4-7(8)10)5-9(11)12;3-2(4,5)1(6)7/h2-4H,5H2,1H3,(H2,11,12);(H,6,7). The molecule has 0 bridgehead atoms. The van der Waals surface area contributed by atoms with Gasteiger partial charge in [0.05, 0.1) is 18.0 Å². The number of carbonyl (C=O) groups excluding carboxylic acids is 1. The fourth-order valence-corrected chi connectivity index (χ4v) is 1.61. The number of aliphatic carboxylic acids is 1. The van der Waals surface area contributed by atoms with Gasteiger partial charge in [-0.1, -0.05) is 6.07 Å².